The van der Waals surface area contributed by atoms with E-state index in [0.29, 0.717) is 30.2 Å². The minimum Gasteiger partial charge on any atom is -0.493 e. The van der Waals surface area contributed by atoms with E-state index in [2.05, 4.69) is 10.4 Å². The lowest BCUT2D eigenvalue weighted by Gasteiger charge is -2.18. The molecule has 3 rings (SSSR count). The van der Waals surface area contributed by atoms with Gasteiger partial charge in [-0.2, -0.15) is 5.10 Å². The molecule has 7 heteroatoms. The van der Waals surface area contributed by atoms with E-state index in [9.17, 15) is 4.79 Å². The Morgan fingerprint density at radius 1 is 1.21 bits per heavy atom. The van der Waals surface area contributed by atoms with Crippen LogP contribution in [-0.2, 0) is 0 Å². The molecule has 146 valence electrons. The number of amides is 1. The van der Waals surface area contributed by atoms with Crippen LogP contribution in [0.1, 0.15) is 28.9 Å². The molecule has 0 saturated carbocycles. The summed E-state index contributed by atoms with van der Waals surface area (Å²) in [7, 11) is 1.55. The highest BCUT2D eigenvalue weighted by Gasteiger charge is 2.17. The maximum absolute atomic E-state index is 12.8. The first-order valence-corrected chi connectivity index (χ1v) is 9.04. The summed E-state index contributed by atoms with van der Waals surface area (Å²) in [5.41, 5.74) is 7.86. The second-order valence-electron chi connectivity index (χ2n) is 6.21. The topological polar surface area (TPSA) is 91.4 Å². The Kier molecular flexibility index (Phi) is 6.29. The predicted octanol–water partition coefficient (Wildman–Crippen LogP) is 2.71. The molecule has 0 aliphatic rings. The van der Waals surface area contributed by atoms with Gasteiger partial charge in [-0.05, 0) is 42.8 Å². The molecule has 0 spiro atoms. The smallest absolute Gasteiger partial charge is 0.251 e. The van der Waals surface area contributed by atoms with Crippen LogP contribution in [0.4, 0.5) is 0 Å². The van der Waals surface area contributed by atoms with Crippen LogP contribution in [0, 0.1) is 0 Å². The Balaban J connectivity index is 1.80. The van der Waals surface area contributed by atoms with Gasteiger partial charge < -0.3 is 20.5 Å². The molecule has 1 amide bonds. The lowest BCUT2D eigenvalue weighted by atomic mass is 10.1. The first-order chi connectivity index (χ1) is 13.6. The molecule has 0 saturated heterocycles. The maximum Gasteiger partial charge on any atom is 0.251 e. The highest BCUT2D eigenvalue weighted by molar-refractivity contribution is 5.95. The van der Waals surface area contributed by atoms with Gasteiger partial charge in [0.2, 0.25) is 0 Å². The molecule has 0 aliphatic carbocycles. The first-order valence-electron chi connectivity index (χ1n) is 9.04. The number of hydrogen-bond acceptors (Lipinski definition) is 5. The number of aromatic nitrogens is 2. The van der Waals surface area contributed by atoms with Crippen molar-refractivity contribution in [3.05, 3.63) is 72.1 Å². The number of methoxy groups -OCH3 is 1. The standard InChI is InChI=1S/C21H24N4O3/c1-15(17-6-3-4-7-18(17)25-12-5-11-23-25)24-21(26)16-8-9-19(27-2)20(14-16)28-13-10-22/h3-9,11-12,14-15H,10,13,22H2,1-2H3,(H,24,26)/t15-/m0/s1. The van der Waals surface area contributed by atoms with Crippen LogP contribution >= 0.6 is 0 Å². The molecule has 0 aliphatic heterocycles. The third-order valence-corrected chi connectivity index (χ3v) is 4.30. The Morgan fingerprint density at radius 3 is 2.75 bits per heavy atom. The monoisotopic (exact) mass is 380 g/mol. The Morgan fingerprint density at radius 2 is 2.04 bits per heavy atom. The fourth-order valence-electron chi connectivity index (χ4n) is 2.93. The van der Waals surface area contributed by atoms with Crippen molar-refractivity contribution in [3.63, 3.8) is 0 Å². The lowest BCUT2D eigenvalue weighted by Crippen LogP contribution is -2.27. The predicted molar refractivity (Wildman–Crippen MR) is 107 cm³/mol. The Labute approximate surface area is 164 Å². The van der Waals surface area contributed by atoms with Crippen molar-refractivity contribution < 1.29 is 14.3 Å². The molecule has 1 atom stereocenters. The first kappa shape index (κ1) is 19.4. The number of benzene rings is 2. The number of carbonyl (C=O) groups is 1. The quantitative estimate of drug-likeness (QED) is 0.627. The van der Waals surface area contributed by atoms with E-state index in [1.54, 1.807) is 36.2 Å². The van der Waals surface area contributed by atoms with Crippen molar-refractivity contribution in [2.75, 3.05) is 20.3 Å². The van der Waals surface area contributed by atoms with Crippen LogP contribution in [0.25, 0.3) is 5.69 Å². The average molecular weight is 380 g/mol. The van der Waals surface area contributed by atoms with Gasteiger partial charge in [-0.15, -0.1) is 0 Å². The summed E-state index contributed by atoms with van der Waals surface area (Å²) in [6, 6.07) is 14.6. The normalized spacial score (nSPS) is 11.7. The highest BCUT2D eigenvalue weighted by Crippen LogP contribution is 2.28. The van der Waals surface area contributed by atoms with Crippen molar-refractivity contribution in [2.45, 2.75) is 13.0 Å². The van der Waals surface area contributed by atoms with Gasteiger partial charge in [0.25, 0.3) is 5.91 Å². The maximum atomic E-state index is 12.8. The summed E-state index contributed by atoms with van der Waals surface area (Å²) < 4.78 is 12.6. The summed E-state index contributed by atoms with van der Waals surface area (Å²) in [5.74, 6) is 0.843. The zero-order valence-electron chi connectivity index (χ0n) is 16.0. The molecule has 1 heterocycles. The van der Waals surface area contributed by atoms with E-state index in [1.807, 2.05) is 43.5 Å². The molecule has 7 nitrogen and oxygen atoms in total. The van der Waals surface area contributed by atoms with Gasteiger partial charge in [-0.1, -0.05) is 18.2 Å². The molecule has 2 aromatic carbocycles. The summed E-state index contributed by atoms with van der Waals surface area (Å²) in [4.78, 5) is 12.8. The lowest BCUT2D eigenvalue weighted by molar-refractivity contribution is 0.0939. The number of rotatable bonds is 8. The van der Waals surface area contributed by atoms with Gasteiger partial charge in [0.1, 0.15) is 6.61 Å². The van der Waals surface area contributed by atoms with Gasteiger partial charge in [0, 0.05) is 24.5 Å². The fraction of sp³-hybridized carbons (Fsp3) is 0.238. The third-order valence-electron chi connectivity index (χ3n) is 4.30. The summed E-state index contributed by atoms with van der Waals surface area (Å²) in [6.07, 6.45) is 3.60. The van der Waals surface area contributed by atoms with E-state index in [0.717, 1.165) is 11.3 Å². The van der Waals surface area contributed by atoms with E-state index in [1.165, 1.54) is 0 Å². The molecule has 3 N–H and O–H groups in total. The second kappa shape index (κ2) is 9.05. The Bertz CT molecular complexity index is 925. The van der Waals surface area contributed by atoms with E-state index in [-0.39, 0.29) is 11.9 Å². The zero-order valence-corrected chi connectivity index (χ0v) is 16.0. The SMILES string of the molecule is COc1ccc(C(=O)N[C@@H](C)c2ccccc2-n2cccn2)cc1OCCN. The van der Waals surface area contributed by atoms with Crippen LogP contribution < -0.4 is 20.5 Å². The number of nitrogens with one attached hydrogen (secondary N) is 1. The van der Waals surface area contributed by atoms with Gasteiger partial charge in [-0.3, -0.25) is 4.79 Å². The molecule has 1 aromatic heterocycles. The molecule has 0 bridgehead atoms. The minimum absolute atomic E-state index is 0.206. The molecular weight excluding hydrogens is 356 g/mol. The number of hydrogen-bond donors (Lipinski definition) is 2. The van der Waals surface area contributed by atoms with Gasteiger partial charge in [0.15, 0.2) is 11.5 Å². The zero-order chi connectivity index (χ0) is 19.9. The highest BCUT2D eigenvalue weighted by atomic mass is 16.5. The van der Waals surface area contributed by atoms with Crippen LogP contribution in [0.5, 0.6) is 11.5 Å². The van der Waals surface area contributed by atoms with Gasteiger partial charge in [-0.25, -0.2) is 4.68 Å². The van der Waals surface area contributed by atoms with Crippen molar-refractivity contribution in [1.29, 1.82) is 0 Å². The molecular formula is C21H24N4O3. The van der Waals surface area contributed by atoms with Crippen LogP contribution in [0.15, 0.2) is 60.9 Å². The fourth-order valence-corrected chi connectivity index (χ4v) is 2.93. The second-order valence-corrected chi connectivity index (χ2v) is 6.21. The number of para-hydroxylation sites is 1. The van der Waals surface area contributed by atoms with Crippen molar-refractivity contribution >= 4 is 5.91 Å². The number of nitrogens with zero attached hydrogens (tertiary/aromatic N) is 2. The van der Waals surface area contributed by atoms with Crippen molar-refractivity contribution in [2.24, 2.45) is 5.73 Å². The van der Waals surface area contributed by atoms with Crippen LogP contribution in [-0.4, -0.2) is 35.9 Å². The van der Waals surface area contributed by atoms with E-state index in [4.69, 9.17) is 15.2 Å². The average Bonchev–Trinajstić information content (AvgIpc) is 3.26. The van der Waals surface area contributed by atoms with E-state index < -0.39 is 0 Å². The number of carbonyl (C=O) groups excluding carboxylic acids is 1. The molecule has 28 heavy (non-hydrogen) atoms. The minimum atomic E-state index is -0.219. The largest absolute Gasteiger partial charge is 0.493 e. The Hall–Kier alpha value is -3.32. The summed E-state index contributed by atoms with van der Waals surface area (Å²) in [5, 5.41) is 7.32. The van der Waals surface area contributed by atoms with E-state index >= 15 is 0 Å². The summed E-state index contributed by atoms with van der Waals surface area (Å²) in [6.45, 7) is 2.66. The van der Waals surface area contributed by atoms with Gasteiger partial charge >= 0.3 is 0 Å². The molecule has 3 aromatic rings. The third kappa shape index (κ3) is 4.32. The van der Waals surface area contributed by atoms with Crippen LogP contribution in [0.2, 0.25) is 0 Å². The van der Waals surface area contributed by atoms with Crippen molar-refractivity contribution in [3.8, 4) is 17.2 Å². The van der Waals surface area contributed by atoms with Crippen molar-refractivity contribution in [1.82, 2.24) is 15.1 Å². The van der Waals surface area contributed by atoms with Crippen LogP contribution in [0.3, 0.4) is 0 Å². The molecule has 0 unspecified atom stereocenters. The van der Waals surface area contributed by atoms with Gasteiger partial charge in [0.05, 0.1) is 18.8 Å². The molecule has 0 fully saturated rings. The molecule has 0 radical (unpaired) electrons. The number of ether oxygens (including phenoxy) is 2. The number of nitrogens with two attached hydrogens (primary N) is 1. The summed E-state index contributed by atoms with van der Waals surface area (Å²) >= 11 is 0.